The van der Waals surface area contributed by atoms with E-state index >= 15 is 0 Å². The molecule has 0 saturated heterocycles. The van der Waals surface area contributed by atoms with Crippen molar-refractivity contribution in [3.63, 3.8) is 0 Å². The van der Waals surface area contributed by atoms with Crippen LogP contribution in [0.5, 0.6) is 11.8 Å². The maximum atomic E-state index is 10.9. The summed E-state index contributed by atoms with van der Waals surface area (Å²) < 4.78 is 7.31. The Labute approximate surface area is 147 Å². The molecule has 0 saturated carbocycles. The lowest BCUT2D eigenvalue weighted by Crippen LogP contribution is -2.09. The van der Waals surface area contributed by atoms with Gasteiger partial charge in [0.2, 0.25) is 0 Å². The van der Waals surface area contributed by atoms with Crippen LogP contribution in [-0.4, -0.2) is 31.1 Å². The third-order valence-electron chi connectivity index (χ3n) is 4.04. The van der Waals surface area contributed by atoms with Crippen molar-refractivity contribution >= 4 is 28.1 Å². The first-order chi connectivity index (χ1) is 12.6. The number of aliphatic hydroxyl groups is 1. The van der Waals surface area contributed by atoms with Gasteiger partial charge in [0, 0.05) is 29.6 Å². The van der Waals surface area contributed by atoms with E-state index in [1.165, 1.54) is 0 Å². The zero-order chi connectivity index (χ0) is 18.3. The molecule has 2 heterocycles. The smallest absolute Gasteiger partial charge is 0.322 e. The number of ether oxygens (including phenoxy) is 1. The molecule has 0 bridgehead atoms. The molecule has 0 amide bonds. The number of aldehydes is 1. The predicted molar refractivity (Wildman–Crippen MR) is 94.9 cm³/mol. The van der Waals surface area contributed by atoms with Crippen LogP contribution in [0.1, 0.15) is 22.3 Å². The number of hydrogen-bond donors (Lipinski definition) is 2. The van der Waals surface area contributed by atoms with Gasteiger partial charge in [-0.1, -0.05) is 18.2 Å². The van der Waals surface area contributed by atoms with Gasteiger partial charge in [-0.2, -0.15) is 10.1 Å². The van der Waals surface area contributed by atoms with Crippen LogP contribution in [0.25, 0.3) is 21.8 Å². The molecule has 26 heavy (non-hydrogen) atoms. The topological polar surface area (TPSA) is 116 Å². The van der Waals surface area contributed by atoms with Crippen molar-refractivity contribution in [3.05, 3.63) is 53.9 Å². The number of nitrogens with two attached hydrogens (primary N) is 1. The van der Waals surface area contributed by atoms with Crippen LogP contribution >= 0.6 is 0 Å². The molecule has 8 heteroatoms. The molecule has 2 aromatic carbocycles. The van der Waals surface area contributed by atoms with E-state index in [9.17, 15) is 9.90 Å². The molecule has 0 aliphatic heterocycles. The second-order valence-electron chi connectivity index (χ2n) is 5.80. The molecule has 1 atom stereocenters. The highest BCUT2D eigenvalue weighted by atomic mass is 16.5. The summed E-state index contributed by atoms with van der Waals surface area (Å²) in [5.74, 6) is 0.462. The van der Waals surface area contributed by atoms with E-state index in [4.69, 9.17) is 10.5 Å². The van der Waals surface area contributed by atoms with Gasteiger partial charge < -0.3 is 15.6 Å². The first-order valence-corrected chi connectivity index (χ1v) is 7.86. The van der Waals surface area contributed by atoms with Crippen LogP contribution in [0, 0.1) is 0 Å². The third-order valence-corrected chi connectivity index (χ3v) is 4.04. The van der Waals surface area contributed by atoms with E-state index in [0.29, 0.717) is 27.9 Å². The standard InChI is InChI=1S/C18H15N5O3/c1-23-16-13(15(22-23)17(19)25)6-5-11-8-20-18(21-14(11)16)26-12-4-2-3-10(7-12)9-24/h2-9,17,25H,19H2,1H3. The molecule has 2 aromatic heterocycles. The molecule has 0 aliphatic carbocycles. The van der Waals surface area contributed by atoms with Crippen LogP contribution < -0.4 is 10.5 Å². The number of benzene rings is 2. The first kappa shape index (κ1) is 16.1. The zero-order valence-electron chi connectivity index (χ0n) is 13.8. The maximum absolute atomic E-state index is 10.9. The Balaban J connectivity index is 1.85. The SMILES string of the molecule is Cn1nc(C(N)O)c2ccc3cnc(Oc4cccc(C=O)c4)nc3c21. The van der Waals surface area contributed by atoms with Crippen molar-refractivity contribution in [2.45, 2.75) is 6.23 Å². The van der Waals surface area contributed by atoms with Gasteiger partial charge in [-0.3, -0.25) is 9.48 Å². The van der Waals surface area contributed by atoms with Gasteiger partial charge >= 0.3 is 6.01 Å². The fourth-order valence-electron chi connectivity index (χ4n) is 2.89. The largest absolute Gasteiger partial charge is 0.424 e. The predicted octanol–water partition coefficient (Wildman–Crippen LogP) is 2.07. The average molecular weight is 349 g/mol. The highest BCUT2D eigenvalue weighted by Gasteiger charge is 2.17. The van der Waals surface area contributed by atoms with Crippen molar-refractivity contribution in [2.75, 3.05) is 0 Å². The minimum absolute atomic E-state index is 0.143. The number of aryl methyl sites for hydroxylation is 1. The van der Waals surface area contributed by atoms with Gasteiger partial charge in [0.05, 0.1) is 5.52 Å². The number of rotatable bonds is 4. The molecule has 4 rings (SSSR count). The fraction of sp³-hybridized carbons (Fsp3) is 0.111. The van der Waals surface area contributed by atoms with Crippen LogP contribution in [0.3, 0.4) is 0 Å². The normalized spacial score (nSPS) is 12.4. The molecule has 3 N–H and O–H groups in total. The van der Waals surface area contributed by atoms with Crippen LogP contribution in [-0.2, 0) is 7.05 Å². The second kappa shape index (κ2) is 6.17. The molecule has 0 fully saturated rings. The van der Waals surface area contributed by atoms with Crippen molar-refractivity contribution in [1.29, 1.82) is 0 Å². The fourth-order valence-corrected chi connectivity index (χ4v) is 2.89. The van der Waals surface area contributed by atoms with Crippen molar-refractivity contribution in [2.24, 2.45) is 12.8 Å². The van der Waals surface area contributed by atoms with E-state index < -0.39 is 6.23 Å². The summed E-state index contributed by atoms with van der Waals surface area (Å²) >= 11 is 0. The third kappa shape index (κ3) is 2.67. The summed E-state index contributed by atoms with van der Waals surface area (Å²) in [4.78, 5) is 19.6. The second-order valence-corrected chi connectivity index (χ2v) is 5.80. The Morgan fingerprint density at radius 3 is 2.92 bits per heavy atom. The average Bonchev–Trinajstić information content (AvgIpc) is 2.99. The van der Waals surface area contributed by atoms with Gasteiger partial charge in [0.25, 0.3) is 0 Å². The highest BCUT2D eigenvalue weighted by Crippen LogP contribution is 2.29. The monoisotopic (exact) mass is 349 g/mol. The van der Waals surface area contributed by atoms with E-state index in [2.05, 4.69) is 15.1 Å². The Morgan fingerprint density at radius 1 is 1.31 bits per heavy atom. The van der Waals surface area contributed by atoms with E-state index in [1.807, 2.05) is 12.1 Å². The minimum Gasteiger partial charge on any atom is -0.424 e. The van der Waals surface area contributed by atoms with E-state index in [-0.39, 0.29) is 6.01 Å². The molecule has 0 aliphatic rings. The number of nitrogens with zero attached hydrogens (tertiary/aromatic N) is 4. The Morgan fingerprint density at radius 2 is 2.15 bits per heavy atom. The molecule has 8 nitrogen and oxygen atoms in total. The first-order valence-electron chi connectivity index (χ1n) is 7.86. The lowest BCUT2D eigenvalue weighted by molar-refractivity contribution is 0.112. The molecule has 1 unspecified atom stereocenters. The number of fused-ring (bicyclic) bond motifs is 3. The minimum atomic E-state index is -1.18. The summed E-state index contributed by atoms with van der Waals surface area (Å²) in [6.45, 7) is 0. The number of hydrogen-bond acceptors (Lipinski definition) is 7. The molecular formula is C18H15N5O3. The molecule has 0 radical (unpaired) electrons. The quantitative estimate of drug-likeness (QED) is 0.428. The van der Waals surface area contributed by atoms with E-state index in [1.54, 1.807) is 42.2 Å². The Kier molecular flexibility index (Phi) is 3.83. The van der Waals surface area contributed by atoms with Gasteiger partial charge in [-0.05, 0) is 18.2 Å². The van der Waals surface area contributed by atoms with Crippen molar-refractivity contribution in [3.8, 4) is 11.8 Å². The van der Waals surface area contributed by atoms with Crippen molar-refractivity contribution in [1.82, 2.24) is 19.7 Å². The number of aliphatic hydroxyl groups excluding tert-OH is 1. The molecule has 0 spiro atoms. The van der Waals surface area contributed by atoms with Gasteiger partial charge in [-0.15, -0.1) is 0 Å². The highest BCUT2D eigenvalue weighted by molar-refractivity contribution is 6.04. The molecular weight excluding hydrogens is 334 g/mol. The molecule has 130 valence electrons. The summed E-state index contributed by atoms with van der Waals surface area (Å²) in [5.41, 5.74) is 7.81. The Bertz CT molecular complexity index is 1140. The summed E-state index contributed by atoms with van der Waals surface area (Å²) in [6, 6.07) is 10.5. The number of carbonyl (C=O) groups excluding carboxylic acids is 1. The Hall–Kier alpha value is -3.36. The lowest BCUT2D eigenvalue weighted by atomic mass is 10.1. The van der Waals surface area contributed by atoms with Gasteiger partial charge in [-0.25, -0.2) is 4.98 Å². The van der Waals surface area contributed by atoms with Gasteiger partial charge in [0.1, 0.15) is 29.5 Å². The van der Waals surface area contributed by atoms with Crippen molar-refractivity contribution < 1.29 is 14.6 Å². The maximum Gasteiger partial charge on any atom is 0.322 e. The summed E-state index contributed by atoms with van der Waals surface area (Å²) in [7, 11) is 1.75. The van der Waals surface area contributed by atoms with Crippen LogP contribution in [0.4, 0.5) is 0 Å². The zero-order valence-corrected chi connectivity index (χ0v) is 13.8. The van der Waals surface area contributed by atoms with Crippen LogP contribution in [0.2, 0.25) is 0 Å². The summed E-state index contributed by atoms with van der Waals surface area (Å²) in [6.07, 6.45) is 1.21. The van der Waals surface area contributed by atoms with E-state index in [0.717, 1.165) is 17.2 Å². The van der Waals surface area contributed by atoms with Crippen LogP contribution in [0.15, 0.2) is 42.6 Å². The van der Waals surface area contributed by atoms with Gasteiger partial charge in [0.15, 0.2) is 0 Å². The number of carbonyl (C=O) groups is 1. The lowest BCUT2D eigenvalue weighted by Gasteiger charge is -2.06. The summed E-state index contributed by atoms with van der Waals surface area (Å²) in [5, 5.41) is 15.5. The molecule has 4 aromatic rings. The number of aromatic nitrogens is 4.